The molecule has 1 heterocycles. The number of carbonyl (C=O) groups is 1. The summed E-state index contributed by atoms with van der Waals surface area (Å²) in [5.74, 6) is 0.410. The second kappa shape index (κ2) is 14.6. The Labute approximate surface area is 242 Å². The third-order valence-electron chi connectivity index (χ3n) is 6.33. The first-order chi connectivity index (χ1) is 18.2. The molecule has 0 spiro atoms. The zero-order valence-corrected chi connectivity index (χ0v) is 25.4. The molecule has 0 saturated carbocycles. The second-order valence-corrected chi connectivity index (χ2v) is 11.6. The largest absolute Gasteiger partial charge is 0.494 e. The van der Waals surface area contributed by atoms with E-state index in [1.807, 2.05) is 19.1 Å². The summed E-state index contributed by atoms with van der Waals surface area (Å²) in [5, 5.41) is 0.574. The maximum absolute atomic E-state index is 13.8. The Kier molecular flexibility index (Phi) is 12.1. The van der Waals surface area contributed by atoms with Gasteiger partial charge in [-0.05, 0) is 55.9 Å². The zero-order chi connectivity index (χ0) is 27.9. The minimum Gasteiger partial charge on any atom is -0.494 e. The molecule has 2 aromatic carbocycles. The van der Waals surface area contributed by atoms with Crippen LogP contribution >= 0.6 is 23.7 Å². The second-order valence-electron chi connectivity index (χ2n) is 8.67. The predicted octanol–water partition coefficient (Wildman–Crippen LogP) is 5.39. The van der Waals surface area contributed by atoms with Gasteiger partial charge in [-0.25, -0.2) is 13.4 Å². The van der Waals surface area contributed by atoms with Crippen molar-refractivity contribution < 1.29 is 17.9 Å². The molecule has 0 fully saturated rings. The molecule has 0 unspecified atom stereocenters. The predicted molar refractivity (Wildman–Crippen MR) is 163 cm³/mol. The summed E-state index contributed by atoms with van der Waals surface area (Å²) in [6.45, 7) is 16.6. The van der Waals surface area contributed by atoms with Crippen LogP contribution in [-0.4, -0.2) is 74.9 Å². The van der Waals surface area contributed by atoms with E-state index in [4.69, 9.17) is 9.72 Å². The molecule has 212 valence electrons. The monoisotopic (exact) mass is 592 g/mol. The Balaban J connectivity index is 0.00000533. The van der Waals surface area contributed by atoms with Crippen molar-refractivity contribution in [3.05, 3.63) is 72.8 Å². The van der Waals surface area contributed by atoms with E-state index in [0.717, 1.165) is 28.9 Å². The number of anilines is 1. The van der Waals surface area contributed by atoms with E-state index in [1.165, 1.54) is 39.9 Å². The van der Waals surface area contributed by atoms with Crippen molar-refractivity contribution in [1.82, 2.24) is 14.2 Å². The van der Waals surface area contributed by atoms with Crippen molar-refractivity contribution >= 4 is 55.0 Å². The average Bonchev–Trinajstić information content (AvgIpc) is 3.37. The first-order valence-corrected chi connectivity index (χ1v) is 14.8. The highest BCUT2D eigenvalue weighted by atomic mass is 35.5. The smallest absolute Gasteiger partial charge is 0.260 e. The van der Waals surface area contributed by atoms with E-state index < -0.39 is 10.0 Å². The van der Waals surface area contributed by atoms with Gasteiger partial charge in [0, 0.05) is 31.7 Å². The van der Waals surface area contributed by atoms with Crippen molar-refractivity contribution in [2.24, 2.45) is 0 Å². The lowest BCUT2D eigenvalue weighted by molar-refractivity contribution is 0.0983. The zero-order valence-electron chi connectivity index (χ0n) is 22.9. The molecule has 11 heteroatoms. The van der Waals surface area contributed by atoms with Crippen molar-refractivity contribution in [2.45, 2.75) is 25.7 Å². The summed E-state index contributed by atoms with van der Waals surface area (Å²) in [6, 6.07) is 9.90. The van der Waals surface area contributed by atoms with Gasteiger partial charge in [-0.3, -0.25) is 9.69 Å². The van der Waals surface area contributed by atoms with Gasteiger partial charge in [0.25, 0.3) is 5.91 Å². The van der Waals surface area contributed by atoms with E-state index in [9.17, 15) is 13.2 Å². The third-order valence-corrected chi connectivity index (χ3v) is 9.39. The van der Waals surface area contributed by atoms with Gasteiger partial charge in [0.2, 0.25) is 10.0 Å². The minimum atomic E-state index is -3.76. The van der Waals surface area contributed by atoms with Gasteiger partial charge in [0.15, 0.2) is 5.13 Å². The summed E-state index contributed by atoms with van der Waals surface area (Å²) >= 11 is 1.45. The lowest BCUT2D eigenvalue weighted by Crippen LogP contribution is -2.39. The molecular formula is C28H37ClN4O4S2. The average molecular weight is 593 g/mol. The number of carbonyl (C=O) groups excluding carboxylic acids is 1. The number of methoxy groups -OCH3 is 1. The number of ether oxygens (including phenoxy) is 1. The highest BCUT2D eigenvalue weighted by Crippen LogP contribution is 2.37. The van der Waals surface area contributed by atoms with Crippen LogP contribution in [0, 0.1) is 6.92 Å². The molecule has 0 bridgehead atoms. The van der Waals surface area contributed by atoms with Gasteiger partial charge in [-0.2, -0.15) is 4.31 Å². The van der Waals surface area contributed by atoms with Gasteiger partial charge in [-0.1, -0.05) is 43.4 Å². The molecule has 8 nitrogen and oxygen atoms in total. The van der Waals surface area contributed by atoms with E-state index >= 15 is 0 Å². The molecule has 0 aliphatic heterocycles. The highest BCUT2D eigenvalue weighted by molar-refractivity contribution is 7.89. The lowest BCUT2D eigenvalue weighted by Gasteiger charge is -2.25. The topological polar surface area (TPSA) is 83.1 Å². The van der Waals surface area contributed by atoms with Gasteiger partial charge < -0.3 is 9.64 Å². The normalized spacial score (nSPS) is 11.4. The number of thiazole rings is 1. The van der Waals surface area contributed by atoms with Crippen LogP contribution in [0.5, 0.6) is 5.75 Å². The Bertz CT molecular complexity index is 1380. The molecule has 0 N–H and O–H groups in total. The van der Waals surface area contributed by atoms with Crippen LogP contribution in [0.15, 0.2) is 66.6 Å². The summed E-state index contributed by atoms with van der Waals surface area (Å²) in [4.78, 5) is 22.6. The molecule has 1 aromatic heterocycles. The number of aromatic nitrogens is 1. The van der Waals surface area contributed by atoms with Crippen LogP contribution in [0.25, 0.3) is 10.2 Å². The third kappa shape index (κ3) is 7.26. The van der Waals surface area contributed by atoms with Crippen LogP contribution in [0.1, 0.15) is 29.8 Å². The van der Waals surface area contributed by atoms with Gasteiger partial charge in [0.05, 0.1) is 16.7 Å². The van der Waals surface area contributed by atoms with E-state index in [2.05, 4.69) is 31.9 Å². The molecule has 0 saturated heterocycles. The fourth-order valence-corrected chi connectivity index (χ4v) is 6.53. The highest BCUT2D eigenvalue weighted by Gasteiger charge is 2.26. The Morgan fingerprint density at radius 3 is 2.18 bits per heavy atom. The number of nitrogens with zero attached hydrogens (tertiary/aromatic N) is 4. The first-order valence-electron chi connectivity index (χ1n) is 12.5. The number of halogens is 1. The molecule has 3 rings (SSSR count). The first kappa shape index (κ1) is 32.5. The molecule has 1 amide bonds. The van der Waals surface area contributed by atoms with Crippen LogP contribution in [-0.2, 0) is 10.0 Å². The number of likely N-dealkylation sites (N-methyl/N-ethyl adjacent to an activating group) is 1. The fourth-order valence-electron chi connectivity index (χ4n) is 4.08. The van der Waals surface area contributed by atoms with Crippen molar-refractivity contribution in [1.29, 1.82) is 0 Å². The van der Waals surface area contributed by atoms with Gasteiger partial charge >= 0.3 is 0 Å². The van der Waals surface area contributed by atoms with Crippen LogP contribution < -0.4 is 9.64 Å². The number of fused-ring (bicyclic) bond motifs is 1. The molecular weight excluding hydrogens is 556 g/mol. The maximum atomic E-state index is 13.8. The number of aryl methyl sites for hydroxylation is 1. The molecule has 0 radical (unpaired) electrons. The minimum absolute atomic E-state index is 0. The number of hydrogen-bond acceptors (Lipinski definition) is 7. The number of rotatable bonds is 14. The lowest BCUT2D eigenvalue weighted by atomic mass is 10.2. The maximum Gasteiger partial charge on any atom is 0.260 e. The molecule has 0 aliphatic rings. The van der Waals surface area contributed by atoms with Crippen LogP contribution in [0.2, 0.25) is 0 Å². The number of benzene rings is 2. The molecule has 39 heavy (non-hydrogen) atoms. The molecule has 0 aliphatic carbocycles. The van der Waals surface area contributed by atoms with E-state index in [-0.39, 0.29) is 36.3 Å². The molecule has 0 atom stereocenters. The summed E-state index contributed by atoms with van der Waals surface area (Å²) in [6.07, 6.45) is 3.06. The van der Waals surface area contributed by atoms with Crippen molar-refractivity contribution in [2.75, 3.05) is 51.3 Å². The Morgan fingerprint density at radius 1 is 1.03 bits per heavy atom. The standard InChI is InChI=1S/C28H36N4O4S2.ClH/c1-7-17-31(18-8-2)38(34,35)23-14-12-22(13-15-23)27(33)32(20-19-30(9-3)10-4)28-29-25-24(36-6)16-11-21(5)26(25)37-28;/h7-8,11-16H,1-2,9-10,17-20H2,3-6H3;1H. The number of sulfonamides is 1. The van der Waals surface area contributed by atoms with Crippen molar-refractivity contribution in [3.8, 4) is 5.75 Å². The fraction of sp³-hybridized carbons (Fsp3) is 0.357. The van der Waals surface area contributed by atoms with Crippen LogP contribution in [0.4, 0.5) is 5.13 Å². The Morgan fingerprint density at radius 2 is 1.64 bits per heavy atom. The van der Waals surface area contributed by atoms with Gasteiger partial charge in [0.1, 0.15) is 11.3 Å². The van der Waals surface area contributed by atoms with E-state index in [1.54, 1.807) is 24.1 Å². The summed E-state index contributed by atoms with van der Waals surface area (Å²) in [5.41, 5.74) is 2.16. The number of hydrogen-bond donors (Lipinski definition) is 0. The number of amides is 1. The van der Waals surface area contributed by atoms with E-state index in [0.29, 0.717) is 29.5 Å². The summed E-state index contributed by atoms with van der Waals surface area (Å²) in [7, 11) is -2.16. The quantitative estimate of drug-likeness (QED) is 0.234. The van der Waals surface area contributed by atoms with Gasteiger partial charge in [-0.15, -0.1) is 25.6 Å². The Hall–Kier alpha value is -2.76. The summed E-state index contributed by atoms with van der Waals surface area (Å²) < 4.78 is 33.9. The SMILES string of the molecule is C=CCN(CC=C)S(=O)(=O)c1ccc(C(=O)N(CCN(CC)CC)c2nc3c(OC)ccc(C)c3s2)cc1.Cl. The van der Waals surface area contributed by atoms with Crippen LogP contribution in [0.3, 0.4) is 0 Å². The molecule has 3 aromatic rings. The van der Waals surface area contributed by atoms with Crippen molar-refractivity contribution in [3.63, 3.8) is 0 Å².